The van der Waals surface area contributed by atoms with Gasteiger partial charge in [0.25, 0.3) is 0 Å². The molecule has 2 aliphatic rings. The normalized spacial score (nSPS) is 16.0. The Labute approximate surface area is 229 Å². The van der Waals surface area contributed by atoms with Gasteiger partial charge in [0.15, 0.2) is 5.70 Å². The molecule has 0 aliphatic carbocycles. The van der Waals surface area contributed by atoms with Gasteiger partial charge in [0.2, 0.25) is 0 Å². The van der Waals surface area contributed by atoms with Gasteiger partial charge in [0, 0.05) is 57.0 Å². The first kappa shape index (κ1) is 27.9. The van der Waals surface area contributed by atoms with E-state index in [0.29, 0.717) is 22.8 Å². The molecule has 0 fully saturated rings. The fourth-order valence-electron chi connectivity index (χ4n) is 4.35. The molecule has 0 amide bonds. The number of aliphatic hydroxyl groups excluding tert-OH is 1. The van der Waals surface area contributed by atoms with E-state index in [-0.39, 0.29) is 53.4 Å². The molecule has 1 atom stereocenters. The van der Waals surface area contributed by atoms with E-state index in [1.807, 2.05) is 72.3 Å². The molecule has 3 heterocycles. The van der Waals surface area contributed by atoms with Crippen LogP contribution in [0.25, 0.3) is 5.57 Å². The third kappa shape index (κ3) is 5.31. The Morgan fingerprint density at radius 2 is 1.78 bits per heavy atom. The summed E-state index contributed by atoms with van der Waals surface area (Å²) in [6.45, 7) is 3.30. The molecule has 1 aromatic heterocycles. The summed E-state index contributed by atoms with van der Waals surface area (Å²) < 4.78 is 47.4. The van der Waals surface area contributed by atoms with Gasteiger partial charge < -0.3 is 27.6 Å². The molecule has 1 radical (unpaired) electrons. The molecule has 2 N–H and O–H groups in total. The van der Waals surface area contributed by atoms with Gasteiger partial charge in [0.1, 0.15) is 5.71 Å². The number of aliphatic hydroxyl groups is 1. The van der Waals surface area contributed by atoms with E-state index in [9.17, 15) is 5.11 Å². The third-order valence-electron chi connectivity index (χ3n) is 5.36. The fourth-order valence-corrected chi connectivity index (χ4v) is 4.35. The number of allylic oxidation sites excluding steroid dienone is 2. The number of hydrogen-bond acceptors (Lipinski definition) is 3. The Kier molecular flexibility index (Phi) is 10.8. The van der Waals surface area contributed by atoms with E-state index in [2.05, 4.69) is 0 Å². The molecule has 167 valence electrons. The van der Waals surface area contributed by atoms with Crippen molar-refractivity contribution in [2.45, 2.75) is 34.3 Å². The smallest absolute Gasteiger partial charge is 0 e. The summed E-state index contributed by atoms with van der Waals surface area (Å²) in [5.74, 6) is 0. The van der Waals surface area contributed by atoms with Crippen molar-refractivity contribution in [3.63, 3.8) is 0 Å². The zero-order chi connectivity index (χ0) is 24.2. The number of hydrogen-bond donors (Lipinski definition) is 2. The Balaban J connectivity index is 0.000000706. The average Bonchev–Trinajstić information content (AvgIpc) is 3.20. The molecule has 4 rings (SSSR count). The molecule has 1 unspecified atom stereocenters. The maximum Gasteiger partial charge on any atom is 0 e. The van der Waals surface area contributed by atoms with Crippen molar-refractivity contribution in [3.05, 3.63) is 75.8 Å². The maximum absolute atomic E-state index is 15.5. The minimum Gasteiger partial charge on any atom is 0 e. The second-order valence-electron chi connectivity index (χ2n) is 7.28. The molecular formula is C20H24B2F2IN2O3PY. The van der Waals surface area contributed by atoms with Gasteiger partial charge >= 0.3 is 20.7 Å². The minimum absolute atomic E-state index is 0. The first-order valence-electron chi connectivity index (χ1n) is 9.97. The number of rotatable bonds is 2. The summed E-state index contributed by atoms with van der Waals surface area (Å²) in [6.07, 6.45) is 1.82. The summed E-state index contributed by atoms with van der Waals surface area (Å²) in [6, 6.07) is 9.30. The summed E-state index contributed by atoms with van der Waals surface area (Å²) in [7, 11) is 0. The summed E-state index contributed by atoms with van der Waals surface area (Å²) in [5.41, 5.74) is 6.45. The number of fused-ring (bicyclic) bond motifs is 2. The van der Waals surface area contributed by atoms with Crippen molar-refractivity contribution in [1.29, 1.82) is 1.34 Å². The fraction of sp³-hybridized carbons (Fsp3) is 0.250. The van der Waals surface area contributed by atoms with Gasteiger partial charge in [0.05, 0.1) is 18.6 Å². The van der Waals surface area contributed by atoms with Crippen LogP contribution in [0.3, 0.4) is 0 Å². The Hall–Kier alpha value is -0.376. The van der Waals surface area contributed by atoms with Crippen molar-refractivity contribution < 1.29 is 60.5 Å². The van der Waals surface area contributed by atoms with E-state index in [1.165, 1.54) is 8.96 Å². The first-order chi connectivity index (χ1) is 15.1. The van der Waals surface area contributed by atoms with E-state index in [1.54, 1.807) is 13.8 Å². The SMILES string of the molecule is CC1=CC(C)=[N+]2C1=C(c1ccc(CO)cc1)c1c(C)cc(C)n1[B-]2(F)F.OPI.[2H]B=O.[Y]. The van der Waals surface area contributed by atoms with Crippen LogP contribution in [0.5, 0.6) is 0 Å². The van der Waals surface area contributed by atoms with Gasteiger partial charge in [-0.3, -0.25) is 0 Å². The monoisotopic (exact) mass is 648 g/mol. The third-order valence-corrected chi connectivity index (χ3v) is 5.36. The van der Waals surface area contributed by atoms with Crippen molar-refractivity contribution in [1.82, 2.24) is 4.48 Å². The molecule has 1 aromatic carbocycles. The molecular weight excluding hydrogens is 623 g/mol. The van der Waals surface area contributed by atoms with Crippen LogP contribution in [0.2, 0.25) is 0 Å². The molecule has 2 aliphatic heterocycles. The van der Waals surface area contributed by atoms with Crippen molar-refractivity contribution in [2.24, 2.45) is 0 Å². The van der Waals surface area contributed by atoms with Crippen LogP contribution in [-0.2, 0) is 44.0 Å². The van der Waals surface area contributed by atoms with Crippen LogP contribution in [0.1, 0.15) is 41.9 Å². The molecule has 0 saturated carbocycles. The second kappa shape index (κ2) is 12.4. The topological polar surface area (TPSA) is 65.5 Å². The Morgan fingerprint density at radius 3 is 2.28 bits per heavy atom. The molecule has 0 bridgehead atoms. The summed E-state index contributed by atoms with van der Waals surface area (Å²) in [5, 5.41) is 9.31. The van der Waals surface area contributed by atoms with Gasteiger partial charge in [-0.2, -0.15) is 0 Å². The summed E-state index contributed by atoms with van der Waals surface area (Å²) >= 11 is 1.87. The number of halogens is 3. The van der Waals surface area contributed by atoms with Crippen molar-refractivity contribution >= 4 is 54.4 Å². The van der Waals surface area contributed by atoms with Gasteiger partial charge in [-0.1, -0.05) is 24.3 Å². The van der Waals surface area contributed by atoms with Gasteiger partial charge in [-0.25, -0.2) is 0 Å². The predicted molar refractivity (Wildman–Crippen MR) is 133 cm³/mol. The van der Waals surface area contributed by atoms with Crippen LogP contribution in [0.4, 0.5) is 8.63 Å². The van der Waals surface area contributed by atoms with Crippen LogP contribution in [-0.4, -0.2) is 40.7 Å². The molecule has 0 spiro atoms. The Bertz CT molecular complexity index is 1130. The van der Waals surface area contributed by atoms with E-state index >= 15 is 8.63 Å². The average molecular weight is 648 g/mol. The largest absolute Gasteiger partial charge is 0 e. The van der Waals surface area contributed by atoms with Crippen molar-refractivity contribution in [2.75, 3.05) is 0 Å². The van der Waals surface area contributed by atoms with Crippen LogP contribution in [0.15, 0.2) is 47.7 Å². The number of nitrogens with zero attached hydrogens (tertiary/aromatic N) is 2. The van der Waals surface area contributed by atoms with Gasteiger partial charge in [-0.15, -0.1) is 0 Å². The van der Waals surface area contributed by atoms with Gasteiger partial charge in [-0.05, 0) is 71.3 Å². The molecule has 12 heteroatoms. The second-order valence-corrected chi connectivity index (χ2v) is 8.89. The van der Waals surface area contributed by atoms with Crippen LogP contribution < -0.4 is 0 Å². The van der Waals surface area contributed by atoms with Crippen molar-refractivity contribution in [3.8, 4) is 0 Å². The van der Waals surface area contributed by atoms with E-state index in [4.69, 9.17) is 10.9 Å². The van der Waals surface area contributed by atoms with E-state index in [0.717, 1.165) is 27.8 Å². The quantitative estimate of drug-likeness (QED) is 0.292. The molecule has 32 heavy (non-hydrogen) atoms. The first-order valence-corrected chi connectivity index (χ1v) is 13.5. The zero-order valence-electron chi connectivity index (χ0n) is 19.2. The predicted octanol–water partition coefficient (Wildman–Crippen LogP) is 4.18. The number of benzene rings is 1. The Morgan fingerprint density at radius 1 is 1.25 bits per heavy atom. The standard InChI is InChI=1S/C20H21BF2N2O.BHO.H2IOP.Y/c1-12-9-14(3)24-19(12)18(17-7-5-16(11-26)6-8-17)20-13(2)10-15(4)25(20)21(24,22)23;1-2;1-3-2;/h5-10,26H,11H2,1-4H3;1H;2-3H;/i;1D;;. The molecule has 2 aromatic rings. The number of aromatic nitrogens is 1. The number of aryl methyl sites for hydroxylation is 2. The molecule has 5 nitrogen and oxygen atoms in total. The maximum atomic E-state index is 15.5. The van der Waals surface area contributed by atoms with Crippen LogP contribution >= 0.6 is 28.5 Å². The van der Waals surface area contributed by atoms with Crippen LogP contribution in [0, 0.1) is 13.8 Å². The zero-order valence-corrected chi connectivity index (χ0v) is 24.2. The van der Waals surface area contributed by atoms with E-state index < -0.39 is 6.97 Å². The molecule has 0 saturated heterocycles. The minimum atomic E-state index is -3.94. The summed E-state index contributed by atoms with van der Waals surface area (Å²) in [4.78, 5) is 7.58.